The lowest BCUT2D eigenvalue weighted by atomic mass is 10.3. The van der Waals surface area contributed by atoms with Crippen LogP contribution in [0.4, 0.5) is 17.1 Å². The van der Waals surface area contributed by atoms with E-state index in [-0.39, 0.29) is 0 Å². The first-order valence-electron chi connectivity index (χ1n) is 7.79. The topological polar surface area (TPSA) is 21.8 Å². The fraction of sp³-hybridized carbons (Fsp3) is 0.0526. The van der Waals surface area contributed by atoms with Gasteiger partial charge >= 0.3 is 0 Å². The Kier molecular flexibility index (Phi) is 3.99. The number of rotatable bonds is 3. The highest BCUT2D eigenvalue weighted by molar-refractivity contribution is 6.22. The zero-order valence-corrected chi connectivity index (χ0v) is 13.7. The van der Waals surface area contributed by atoms with Crippen molar-refractivity contribution in [3.05, 3.63) is 91.0 Å². The molecule has 0 bridgehead atoms. The molecule has 24 heavy (non-hydrogen) atoms. The molecule has 120 valence electrons. The normalized spacial score (nSPS) is 17.4. The Bertz CT molecular complexity index is 782. The van der Waals surface area contributed by atoms with Crippen LogP contribution in [-0.2, 0) is 0 Å². The van der Waals surface area contributed by atoms with Gasteiger partial charge in [0.05, 0.1) is 17.1 Å². The summed E-state index contributed by atoms with van der Waals surface area (Å²) < 4.78 is 0. The van der Waals surface area contributed by atoms with Crippen molar-refractivity contribution in [2.24, 2.45) is 0 Å². The van der Waals surface area contributed by atoms with Crippen molar-refractivity contribution >= 4 is 28.7 Å². The van der Waals surface area contributed by atoms with Gasteiger partial charge in [0.15, 0.2) is 5.62 Å². The number of nitrogens with zero attached hydrogens (tertiary/aromatic N) is 3. The van der Waals surface area contributed by atoms with Gasteiger partial charge in [-0.15, -0.1) is 0 Å². The van der Waals surface area contributed by atoms with E-state index in [9.17, 15) is 0 Å². The summed E-state index contributed by atoms with van der Waals surface area (Å²) in [6.45, 7) is 0. The summed E-state index contributed by atoms with van der Waals surface area (Å²) in [5, 5.41) is 6.02. The van der Waals surface area contributed by atoms with Crippen LogP contribution in [0.15, 0.2) is 91.0 Å². The van der Waals surface area contributed by atoms with Crippen LogP contribution in [0.5, 0.6) is 0 Å². The van der Waals surface area contributed by atoms with Crippen molar-refractivity contribution in [1.82, 2.24) is 5.43 Å². The van der Waals surface area contributed by atoms with Gasteiger partial charge in [0.25, 0.3) is 0 Å². The van der Waals surface area contributed by atoms with Crippen LogP contribution in [0.25, 0.3) is 0 Å². The Morgan fingerprint density at radius 2 is 1.08 bits per heavy atom. The highest BCUT2D eigenvalue weighted by atomic mass is 35.5. The molecule has 1 fully saturated rings. The quantitative estimate of drug-likeness (QED) is 0.566. The number of hydrogen-bond acceptors (Lipinski definition) is 4. The van der Waals surface area contributed by atoms with Crippen LogP contribution in [0.1, 0.15) is 0 Å². The van der Waals surface area contributed by atoms with Gasteiger partial charge in [0.1, 0.15) is 0 Å². The zero-order valence-electron chi connectivity index (χ0n) is 13.0. The molecule has 0 saturated carbocycles. The standard InChI is InChI=1S/C19H17ClN4/c20-19-21-23(17-12-6-2-7-13-17)24(18-14-8-3-9-15-18)22(19)16-10-4-1-5-11-16/h1-15,19,21H. The second-order valence-corrected chi connectivity index (χ2v) is 5.83. The van der Waals surface area contributed by atoms with Crippen LogP contribution < -0.4 is 20.7 Å². The Morgan fingerprint density at radius 3 is 1.62 bits per heavy atom. The molecule has 0 radical (unpaired) electrons. The van der Waals surface area contributed by atoms with Gasteiger partial charge in [-0.05, 0) is 36.4 Å². The van der Waals surface area contributed by atoms with E-state index in [0.29, 0.717) is 0 Å². The van der Waals surface area contributed by atoms with Gasteiger partial charge < -0.3 is 0 Å². The molecule has 1 aliphatic heterocycles. The van der Waals surface area contributed by atoms with Crippen LogP contribution in [0.3, 0.4) is 0 Å². The van der Waals surface area contributed by atoms with Crippen LogP contribution in [0, 0.1) is 0 Å². The molecule has 0 spiro atoms. The van der Waals surface area contributed by atoms with E-state index in [0.717, 1.165) is 17.1 Å². The third-order valence-electron chi connectivity index (χ3n) is 3.85. The molecule has 1 atom stereocenters. The van der Waals surface area contributed by atoms with Crippen molar-refractivity contribution in [2.45, 2.75) is 5.62 Å². The number of alkyl halides is 1. The van der Waals surface area contributed by atoms with E-state index < -0.39 is 5.62 Å². The van der Waals surface area contributed by atoms with E-state index >= 15 is 0 Å². The fourth-order valence-corrected chi connectivity index (χ4v) is 3.07. The molecule has 4 nitrogen and oxygen atoms in total. The van der Waals surface area contributed by atoms with Crippen molar-refractivity contribution in [1.29, 1.82) is 0 Å². The summed E-state index contributed by atoms with van der Waals surface area (Å²) >= 11 is 6.63. The Labute approximate surface area is 146 Å². The average Bonchev–Trinajstić information content (AvgIpc) is 3.01. The van der Waals surface area contributed by atoms with Gasteiger partial charge in [-0.1, -0.05) is 66.2 Å². The molecule has 1 N–H and O–H groups in total. The maximum absolute atomic E-state index is 6.63. The summed E-state index contributed by atoms with van der Waals surface area (Å²) in [5.41, 5.74) is 5.93. The highest BCUT2D eigenvalue weighted by Crippen LogP contribution is 2.33. The molecule has 1 unspecified atom stereocenters. The largest absolute Gasteiger partial charge is 0.232 e. The van der Waals surface area contributed by atoms with Gasteiger partial charge in [0, 0.05) is 0 Å². The lowest BCUT2D eigenvalue weighted by Crippen LogP contribution is -2.47. The van der Waals surface area contributed by atoms with Crippen LogP contribution in [-0.4, -0.2) is 5.62 Å². The minimum absolute atomic E-state index is 0.409. The molecule has 0 aromatic heterocycles. The predicted molar refractivity (Wildman–Crippen MR) is 99.5 cm³/mol. The molecule has 3 aromatic rings. The summed E-state index contributed by atoms with van der Waals surface area (Å²) in [7, 11) is 0. The number of halogens is 1. The highest BCUT2D eigenvalue weighted by Gasteiger charge is 2.37. The molecule has 1 aliphatic rings. The first kappa shape index (κ1) is 14.9. The predicted octanol–water partition coefficient (Wildman–Crippen LogP) is 4.38. The number of nitrogens with one attached hydrogen (secondary N) is 1. The molecule has 0 aliphatic carbocycles. The summed E-state index contributed by atoms with van der Waals surface area (Å²) in [5.74, 6) is 0. The smallest absolute Gasteiger partial charge is 0.195 e. The number of benzene rings is 3. The third kappa shape index (κ3) is 2.66. The first-order chi connectivity index (χ1) is 11.8. The fourth-order valence-electron chi connectivity index (χ4n) is 2.78. The van der Waals surface area contributed by atoms with E-state index in [4.69, 9.17) is 11.6 Å². The average molecular weight is 337 g/mol. The Hall–Kier alpha value is -2.69. The van der Waals surface area contributed by atoms with Gasteiger partial charge in [-0.3, -0.25) is 0 Å². The molecule has 1 heterocycles. The summed E-state index contributed by atoms with van der Waals surface area (Å²) in [4.78, 5) is 0. The van der Waals surface area contributed by atoms with E-state index in [1.165, 1.54) is 0 Å². The lowest BCUT2D eigenvalue weighted by molar-refractivity contribution is 0.735. The molecular formula is C19H17ClN4. The molecule has 4 rings (SSSR count). The monoisotopic (exact) mass is 336 g/mol. The van der Waals surface area contributed by atoms with Crippen molar-refractivity contribution < 1.29 is 0 Å². The van der Waals surface area contributed by atoms with E-state index in [1.807, 2.05) is 94.1 Å². The number of anilines is 3. The van der Waals surface area contributed by atoms with Crippen molar-refractivity contribution in [3.63, 3.8) is 0 Å². The Balaban J connectivity index is 1.81. The van der Waals surface area contributed by atoms with E-state index in [2.05, 4.69) is 17.6 Å². The second kappa shape index (κ2) is 6.43. The number of para-hydroxylation sites is 3. The number of hydrazine groups is 3. The molecule has 1 saturated heterocycles. The van der Waals surface area contributed by atoms with Gasteiger partial charge in [-0.25, -0.2) is 5.01 Å². The maximum Gasteiger partial charge on any atom is 0.195 e. The van der Waals surface area contributed by atoms with Gasteiger partial charge in [-0.2, -0.15) is 15.7 Å². The minimum Gasteiger partial charge on any atom is -0.232 e. The molecule has 0 amide bonds. The van der Waals surface area contributed by atoms with Crippen LogP contribution in [0.2, 0.25) is 0 Å². The molecular weight excluding hydrogens is 320 g/mol. The molecule has 3 aromatic carbocycles. The maximum atomic E-state index is 6.63. The third-order valence-corrected chi connectivity index (χ3v) is 4.13. The minimum atomic E-state index is -0.409. The van der Waals surface area contributed by atoms with Gasteiger partial charge in [0.2, 0.25) is 0 Å². The SMILES string of the molecule is ClC1NN(c2ccccc2)N(c2ccccc2)N1c1ccccc1. The van der Waals surface area contributed by atoms with Crippen molar-refractivity contribution in [3.8, 4) is 0 Å². The van der Waals surface area contributed by atoms with Crippen LogP contribution >= 0.6 is 11.6 Å². The van der Waals surface area contributed by atoms with Crippen molar-refractivity contribution in [2.75, 3.05) is 15.2 Å². The second-order valence-electron chi connectivity index (χ2n) is 5.42. The van der Waals surface area contributed by atoms with E-state index in [1.54, 1.807) is 0 Å². The summed E-state index contributed by atoms with van der Waals surface area (Å²) in [6.07, 6.45) is 0. The molecule has 5 heteroatoms. The zero-order chi connectivity index (χ0) is 16.4. The Morgan fingerprint density at radius 1 is 0.625 bits per heavy atom. The number of hydrogen-bond donors (Lipinski definition) is 1. The first-order valence-corrected chi connectivity index (χ1v) is 8.23. The summed E-state index contributed by atoms with van der Waals surface area (Å²) in [6, 6.07) is 30.4. The lowest BCUT2D eigenvalue weighted by Gasteiger charge is -2.35.